The van der Waals surface area contributed by atoms with Gasteiger partial charge in [0.25, 0.3) is 0 Å². The lowest BCUT2D eigenvalue weighted by Gasteiger charge is -2.24. The van der Waals surface area contributed by atoms with Gasteiger partial charge < -0.3 is 9.64 Å². The molecule has 0 bridgehead atoms. The molecule has 0 aromatic heterocycles. The quantitative estimate of drug-likeness (QED) is 0.739. The lowest BCUT2D eigenvalue weighted by atomic mass is 10.2. The van der Waals surface area contributed by atoms with E-state index in [1.54, 1.807) is 6.92 Å². The molecule has 0 fully saturated rings. The molecule has 1 amide bonds. The van der Waals surface area contributed by atoms with Crippen molar-refractivity contribution in [2.75, 3.05) is 13.7 Å². The summed E-state index contributed by atoms with van der Waals surface area (Å²) in [5.41, 5.74) is 0. The van der Waals surface area contributed by atoms with Crippen molar-refractivity contribution >= 4 is 6.09 Å². The van der Waals surface area contributed by atoms with Crippen LogP contribution in [0.2, 0.25) is 0 Å². The minimum Gasteiger partial charge on any atom is -0.440 e. The van der Waals surface area contributed by atoms with Crippen molar-refractivity contribution < 1.29 is 22.7 Å². The van der Waals surface area contributed by atoms with Crippen molar-refractivity contribution in [3.8, 4) is 0 Å². The summed E-state index contributed by atoms with van der Waals surface area (Å²) in [4.78, 5) is 12.3. The van der Waals surface area contributed by atoms with E-state index in [1.807, 2.05) is 6.92 Å². The van der Waals surface area contributed by atoms with E-state index in [0.717, 1.165) is 12.8 Å². The van der Waals surface area contributed by atoms with Gasteiger partial charge in [0.05, 0.1) is 0 Å². The van der Waals surface area contributed by atoms with E-state index >= 15 is 0 Å². The first-order chi connectivity index (χ1) is 6.78. The van der Waals surface area contributed by atoms with E-state index in [1.165, 1.54) is 11.9 Å². The average molecular weight is 227 g/mol. The Morgan fingerprint density at radius 2 is 2.00 bits per heavy atom. The lowest BCUT2D eigenvalue weighted by Crippen LogP contribution is -2.37. The molecule has 0 aliphatic carbocycles. The Balaban J connectivity index is 3.99. The highest BCUT2D eigenvalue weighted by Crippen LogP contribution is 2.15. The fraction of sp³-hybridized carbons (Fsp3) is 0.889. The van der Waals surface area contributed by atoms with Crippen LogP contribution < -0.4 is 0 Å². The number of alkyl halides is 3. The zero-order valence-electron chi connectivity index (χ0n) is 9.10. The standard InChI is InChI=1S/C9H16F3NO2/c1-4-5-7(2)13(3)8(14)15-6-9(10,11)12/h7H,4-6H2,1-3H3. The van der Waals surface area contributed by atoms with Gasteiger partial charge in [0.15, 0.2) is 6.61 Å². The fourth-order valence-electron chi connectivity index (χ4n) is 1.04. The first-order valence-electron chi connectivity index (χ1n) is 4.74. The third-order valence-electron chi connectivity index (χ3n) is 2.01. The molecule has 1 unspecified atom stereocenters. The van der Waals surface area contributed by atoms with Gasteiger partial charge in [-0.25, -0.2) is 4.79 Å². The van der Waals surface area contributed by atoms with Gasteiger partial charge in [-0.2, -0.15) is 13.2 Å². The average Bonchev–Trinajstić information content (AvgIpc) is 2.12. The Morgan fingerprint density at radius 1 is 1.47 bits per heavy atom. The molecule has 0 heterocycles. The van der Waals surface area contributed by atoms with Crippen LogP contribution in [0, 0.1) is 0 Å². The number of ether oxygens (including phenoxy) is 1. The van der Waals surface area contributed by atoms with E-state index < -0.39 is 18.9 Å². The number of carbonyl (C=O) groups excluding carboxylic acids is 1. The molecule has 0 N–H and O–H groups in total. The highest BCUT2D eigenvalue weighted by atomic mass is 19.4. The van der Waals surface area contributed by atoms with Crippen molar-refractivity contribution in [1.82, 2.24) is 4.90 Å². The van der Waals surface area contributed by atoms with Crippen molar-refractivity contribution in [3.63, 3.8) is 0 Å². The van der Waals surface area contributed by atoms with Crippen LogP contribution in [0.25, 0.3) is 0 Å². The van der Waals surface area contributed by atoms with Gasteiger partial charge in [-0.3, -0.25) is 0 Å². The van der Waals surface area contributed by atoms with Gasteiger partial charge in [0, 0.05) is 13.1 Å². The second-order valence-electron chi connectivity index (χ2n) is 3.42. The van der Waals surface area contributed by atoms with Crippen LogP contribution in [0.4, 0.5) is 18.0 Å². The second kappa shape index (κ2) is 5.82. The smallest absolute Gasteiger partial charge is 0.422 e. The van der Waals surface area contributed by atoms with E-state index in [9.17, 15) is 18.0 Å². The molecule has 0 spiro atoms. The van der Waals surface area contributed by atoms with Gasteiger partial charge in [0.1, 0.15) is 0 Å². The first kappa shape index (κ1) is 14.1. The van der Waals surface area contributed by atoms with Crippen molar-refractivity contribution in [3.05, 3.63) is 0 Å². The summed E-state index contributed by atoms with van der Waals surface area (Å²) >= 11 is 0. The third-order valence-corrected chi connectivity index (χ3v) is 2.01. The number of amides is 1. The van der Waals surface area contributed by atoms with Crippen LogP contribution in [0.1, 0.15) is 26.7 Å². The monoisotopic (exact) mass is 227 g/mol. The van der Waals surface area contributed by atoms with Gasteiger partial charge in [-0.15, -0.1) is 0 Å². The highest BCUT2D eigenvalue weighted by Gasteiger charge is 2.30. The lowest BCUT2D eigenvalue weighted by molar-refractivity contribution is -0.162. The molecule has 0 aliphatic rings. The maximum Gasteiger partial charge on any atom is 0.422 e. The maximum absolute atomic E-state index is 11.7. The minimum absolute atomic E-state index is 0.115. The largest absolute Gasteiger partial charge is 0.440 e. The van der Waals surface area contributed by atoms with Gasteiger partial charge in [0.2, 0.25) is 0 Å². The Hall–Kier alpha value is -0.940. The van der Waals surface area contributed by atoms with Gasteiger partial charge in [-0.05, 0) is 13.3 Å². The molecule has 0 rings (SSSR count). The highest BCUT2D eigenvalue weighted by molar-refractivity contribution is 5.67. The number of nitrogens with zero attached hydrogens (tertiary/aromatic N) is 1. The molecule has 0 saturated carbocycles. The molecule has 1 atom stereocenters. The molecular weight excluding hydrogens is 211 g/mol. The summed E-state index contributed by atoms with van der Waals surface area (Å²) in [5, 5.41) is 0. The number of rotatable bonds is 4. The van der Waals surface area contributed by atoms with Crippen LogP contribution in [-0.4, -0.2) is 36.9 Å². The molecule has 0 aromatic rings. The summed E-state index contributed by atoms with van der Waals surface area (Å²) in [7, 11) is 1.43. The Kier molecular flexibility index (Phi) is 5.46. The Bertz CT molecular complexity index is 206. The molecule has 6 heteroatoms. The molecule has 0 radical (unpaired) electrons. The van der Waals surface area contributed by atoms with E-state index in [-0.39, 0.29) is 6.04 Å². The Morgan fingerprint density at radius 3 is 2.40 bits per heavy atom. The van der Waals surface area contributed by atoms with Crippen LogP contribution in [0.15, 0.2) is 0 Å². The van der Waals surface area contributed by atoms with Crippen molar-refractivity contribution in [2.45, 2.75) is 38.9 Å². The topological polar surface area (TPSA) is 29.5 Å². The summed E-state index contributed by atoms with van der Waals surface area (Å²) in [5.74, 6) is 0. The van der Waals surface area contributed by atoms with Crippen LogP contribution >= 0.6 is 0 Å². The van der Waals surface area contributed by atoms with Gasteiger partial charge in [-0.1, -0.05) is 13.3 Å². The van der Waals surface area contributed by atoms with E-state index in [0.29, 0.717) is 0 Å². The molecule has 0 aliphatic heterocycles. The number of carbonyl (C=O) groups is 1. The maximum atomic E-state index is 11.7. The second-order valence-corrected chi connectivity index (χ2v) is 3.42. The molecule has 3 nitrogen and oxygen atoms in total. The van der Waals surface area contributed by atoms with Crippen molar-refractivity contribution in [2.24, 2.45) is 0 Å². The van der Waals surface area contributed by atoms with Crippen LogP contribution in [0.3, 0.4) is 0 Å². The molecular formula is C9H16F3NO2. The van der Waals surface area contributed by atoms with Crippen molar-refractivity contribution in [1.29, 1.82) is 0 Å². The molecule has 90 valence electrons. The van der Waals surface area contributed by atoms with Crippen LogP contribution in [-0.2, 0) is 4.74 Å². The zero-order valence-corrected chi connectivity index (χ0v) is 9.10. The number of halogens is 3. The normalized spacial score (nSPS) is 13.5. The number of hydrogen-bond donors (Lipinski definition) is 0. The minimum atomic E-state index is -4.47. The predicted molar refractivity (Wildman–Crippen MR) is 49.5 cm³/mol. The van der Waals surface area contributed by atoms with E-state index in [2.05, 4.69) is 4.74 Å². The molecule has 0 saturated heterocycles. The van der Waals surface area contributed by atoms with Crippen LogP contribution in [0.5, 0.6) is 0 Å². The zero-order chi connectivity index (χ0) is 12.1. The van der Waals surface area contributed by atoms with E-state index in [4.69, 9.17) is 0 Å². The third kappa shape index (κ3) is 6.19. The SMILES string of the molecule is CCCC(C)N(C)C(=O)OCC(F)(F)F. The summed E-state index contributed by atoms with van der Waals surface area (Å²) < 4.78 is 39.3. The summed E-state index contributed by atoms with van der Waals surface area (Å²) in [6, 6.07) is -0.115. The Labute approximate surface area is 87.2 Å². The first-order valence-corrected chi connectivity index (χ1v) is 4.74. The fourth-order valence-corrected chi connectivity index (χ4v) is 1.04. The summed E-state index contributed by atoms with van der Waals surface area (Å²) in [6.45, 7) is 2.17. The molecule has 0 aromatic carbocycles. The summed E-state index contributed by atoms with van der Waals surface area (Å²) in [6.07, 6.45) is -3.81. The molecule has 15 heavy (non-hydrogen) atoms. The number of hydrogen-bond acceptors (Lipinski definition) is 2. The van der Waals surface area contributed by atoms with Gasteiger partial charge >= 0.3 is 12.3 Å². The predicted octanol–water partition coefficient (Wildman–Crippen LogP) is 2.81.